The Kier molecular flexibility index (Phi) is 3.97. The summed E-state index contributed by atoms with van der Waals surface area (Å²) in [6, 6.07) is 7.30. The van der Waals surface area contributed by atoms with Crippen LogP contribution in [0.25, 0.3) is 0 Å². The summed E-state index contributed by atoms with van der Waals surface area (Å²) in [6.45, 7) is 5.75. The molecular formula is C14H20ClNO2. The summed E-state index contributed by atoms with van der Waals surface area (Å²) in [7, 11) is 0. The van der Waals surface area contributed by atoms with Crippen molar-refractivity contribution in [2.24, 2.45) is 5.92 Å². The van der Waals surface area contributed by atoms with Crippen LogP contribution in [0.3, 0.4) is 0 Å². The summed E-state index contributed by atoms with van der Waals surface area (Å²) in [6.07, 6.45) is -0.334. The molecule has 2 rings (SSSR count). The minimum Gasteiger partial charge on any atom is -0.392 e. The second-order valence-electron chi connectivity index (χ2n) is 5.52. The van der Waals surface area contributed by atoms with E-state index >= 15 is 0 Å². The van der Waals surface area contributed by atoms with E-state index in [1.54, 1.807) is 12.1 Å². The molecule has 0 bridgehead atoms. The van der Waals surface area contributed by atoms with Crippen LogP contribution in [-0.2, 0) is 5.60 Å². The highest BCUT2D eigenvalue weighted by atomic mass is 35.5. The molecule has 1 aromatic rings. The lowest BCUT2D eigenvalue weighted by Gasteiger charge is -2.47. The van der Waals surface area contributed by atoms with Crippen molar-refractivity contribution < 1.29 is 10.2 Å². The Bertz CT molecular complexity index is 399. The first-order valence-corrected chi connectivity index (χ1v) is 6.67. The van der Waals surface area contributed by atoms with Gasteiger partial charge in [-0.3, -0.25) is 4.90 Å². The van der Waals surface area contributed by atoms with Crippen LogP contribution in [0.1, 0.15) is 19.4 Å². The van der Waals surface area contributed by atoms with Crippen molar-refractivity contribution in [3.8, 4) is 0 Å². The Labute approximate surface area is 113 Å². The van der Waals surface area contributed by atoms with Crippen LogP contribution in [-0.4, -0.2) is 40.9 Å². The van der Waals surface area contributed by atoms with E-state index in [9.17, 15) is 10.2 Å². The number of hydrogen-bond donors (Lipinski definition) is 2. The van der Waals surface area contributed by atoms with Crippen LogP contribution in [0.5, 0.6) is 0 Å². The van der Waals surface area contributed by atoms with Gasteiger partial charge in [-0.05, 0) is 23.6 Å². The zero-order valence-electron chi connectivity index (χ0n) is 10.8. The topological polar surface area (TPSA) is 43.7 Å². The SMILES string of the molecule is CC(C)C(O)CN1CC(O)(c2ccc(Cl)cc2)C1. The fraction of sp³-hybridized carbons (Fsp3) is 0.571. The molecule has 0 saturated carbocycles. The molecule has 0 amide bonds. The third-order valence-corrected chi connectivity index (χ3v) is 3.82. The molecule has 4 heteroatoms. The van der Waals surface area contributed by atoms with Gasteiger partial charge in [-0.1, -0.05) is 37.6 Å². The minimum absolute atomic E-state index is 0.245. The zero-order chi connectivity index (χ0) is 13.3. The molecule has 0 radical (unpaired) electrons. The lowest BCUT2D eigenvalue weighted by molar-refractivity contribution is -0.117. The number of rotatable bonds is 4. The third kappa shape index (κ3) is 2.86. The molecule has 1 fully saturated rings. The van der Waals surface area contributed by atoms with Crippen molar-refractivity contribution >= 4 is 11.6 Å². The number of aliphatic hydroxyl groups excluding tert-OH is 1. The number of benzene rings is 1. The Morgan fingerprint density at radius 1 is 1.28 bits per heavy atom. The van der Waals surface area contributed by atoms with Gasteiger partial charge in [-0.25, -0.2) is 0 Å². The molecule has 1 heterocycles. The lowest BCUT2D eigenvalue weighted by atomic mass is 9.85. The molecule has 0 spiro atoms. The first kappa shape index (κ1) is 13.8. The van der Waals surface area contributed by atoms with Gasteiger partial charge in [0.25, 0.3) is 0 Å². The van der Waals surface area contributed by atoms with E-state index in [1.807, 2.05) is 26.0 Å². The van der Waals surface area contributed by atoms with Crippen molar-refractivity contribution in [3.05, 3.63) is 34.9 Å². The number of nitrogens with zero attached hydrogens (tertiary/aromatic N) is 1. The van der Waals surface area contributed by atoms with Crippen LogP contribution in [0, 0.1) is 5.92 Å². The summed E-state index contributed by atoms with van der Waals surface area (Å²) >= 11 is 5.83. The molecule has 0 aromatic heterocycles. The second-order valence-corrected chi connectivity index (χ2v) is 5.96. The van der Waals surface area contributed by atoms with Crippen LogP contribution in [0.15, 0.2) is 24.3 Å². The summed E-state index contributed by atoms with van der Waals surface area (Å²) in [5.74, 6) is 0.245. The minimum atomic E-state index is -0.790. The fourth-order valence-electron chi connectivity index (χ4n) is 2.24. The van der Waals surface area contributed by atoms with Gasteiger partial charge in [-0.15, -0.1) is 0 Å². The fourth-order valence-corrected chi connectivity index (χ4v) is 2.37. The Hall–Kier alpha value is -0.610. The largest absolute Gasteiger partial charge is 0.392 e. The highest BCUT2D eigenvalue weighted by Gasteiger charge is 2.43. The second kappa shape index (κ2) is 5.17. The van der Waals surface area contributed by atoms with Gasteiger partial charge in [-0.2, -0.15) is 0 Å². The van der Waals surface area contributed by atoms with Crippen LogP contribution in [0.2, 0.25) is 5.02 Å². The van der Waals surface area contributed by atoms with Crippen molar-refractivity contribution in [3.63, 3.8) is 0 Å². The van der Waals surface area contributed by atoms with E-state index in [1.165, 1.54) is 0 Å². The molecule has 3 nitrogen and oxygen atoms in total. The highest BCUT2D eigenvalue weighted by molar-refractivity contribution is 6.30. The Morgan fingerprint density at radius 3 is 2.33 bits per heavy atom. The van der Waals surface area contributed by atoms with Gasteiger partial charge >= 0.3 is 0 Å². The molecule has 1 aliphatic heterocycles. The Morgan fingerprint density at radius 2 is 1.83 bits per heavy atom. The summed E-state index contributed by atoms with van der Waals surface area (Å²) < 4.78 is 0. The van der Waals surface area contributed by atoms with Crippen molar-refractivity contribution in [2.75, 3.05) is 19.6 Å². The summed E-state index contributed by atoms with van der Waals surface area (Å²) in [4.78, 5) is 2.07. The maximum atomic E-state index is 10.4. The van der Waals surface area contributed by atoms with E-state index in [0.717, 1.165) is 5.56 Å². The van der Waals surface area contributed by atoms with Gasteiger partial charge in [0.15, 0.2) is 0 Å². The van der Waals surface area contributed by atoms with Crippen molar-refractivity contribution in [1.29, 1.82) is 0 Å². The van der Waals surface area contributed by atoms with Gasteiger partial charge < -0.3 is 10.2 Å². The van der Waals surface area contributed by atoms with Gasteiger partial charge in [0, 0.05) is 24.7 Å². The summed E-state index contributed by atoms with van der Waals surface area (Å²) in [5, 5.41) is 20.9. The molecule has 1 unspecified atom stereocenters. The quantitative estimate of drug-likeness (QED) is 0.877. The van der Waals surface area contributed by atoms with E-state index in [0.29, 0.717) is 24.7 Å². The first-order valence-electron chi connectivity index (χ1n) is 6.29. The molecule has 1 atom stereocenters. The van der Waals surface area contributed by atoms with Crippen LogP contribution in [0.4, 0.5) is 0 Å². The van der Waals surface area contributed by atoms with E-state index < -0.39 is 5.60 Å². The summed E-state index contributed by atoms with van der Waals surface area (Å²) in [5.41, 5.74) is 0.101. The lowest BCUT2D eigenvalue weighted by Crippen LogP contribution is -2.61. The predicted molar refractivity (Wildman–Crippen MR) is 72.6 cm³/mol. The number of likely N-dealkylation sites (tertiary alicyclic amines) is 1. The molecule has 1 aromatic carbocycles. The molecule has 18 heavy (non-hydrogen) atoms. The average molecular weight is 270 g/mol. The van der Waals surface area contributed by atoms with Gasteiger partial charge in [0.05, 0.1) is 6.10 Å². The Balaban J connectivity index is 1.92. The van der Waals surface area contributed by atoms with Crippen molar-refractivity contribution in [1.82, 2.24) is 4.90 Å². The smallest absolute Gasteiger partial charge is 0.115 e. The first-order chi connectivity index (χ1) is 8.40. The zero-order valence-corrected chi connectivity index (χ0v) is 11.6. The molecule has 0 aliphatic carbocycles. The highest BCUT2D eigenvalue weighted by Crippen LogP contribution is 2.32. The maximum absolute atomic E-state index is 10.4. The normalized spacial score (nSPS) is 20.8. The number of hydrogen-bond acceptors (Lipinski definition) is 3. The number of halogens is 1. The van der Waals surface area contributed by atoms with Crippen molar-refractivity contribution in [2.45, 2.75) is 25.6 Å². The van der Waals surface area contributed by atoms with E-state index in [4.69, 9.17) is 11.6 Å². The van der Waals surface area contributed by atoms with Gasteiger partial charge in [0.1, 0.15) is 5.60 Å². The number of β-amino-alcohol motifs (C(OH)–C–C–N with tert-alkyl or cyclic N) is 2. The average Bonchev–Trinajstić information content (AvgIpc) is 2.27. The molecule has 1 saturated heterocycles. The molecule has 100 valence electrons. The number of aliphatic hydroxyl groups is 2. The maximum Gasteiger partial charge on any atom is 0.115 e. The molecule has 2 N–H and O–H groups in total. The van der Waals surface area contributed by atoms with Crippen LogP contribution >= 0.6 is 11.6 Å². The third-order valence-electron chi connectivity index (χ3n) is 3.57. The van der Waals surface area contributed by atoms with Crippen LogP contribution < -0.4 is 0 Å². The van der Waals surface area contributed by atoms with Gasteiger partial charge in [0.2, 0.25) is 0 Å². The van der Waals surface area contributed by atoms with E-state index in [-0.39, 0.29) is 12.0 Å². The predicted octanol–water partition coefficient (Wildman–Crippen LogP) is 1.86. The molecule has 1 aliphatic rings. The molecular weight excluding hydrogens is 250 g/mol. The standard InChI is InChI=1S/C14H20ClNO2/c1-10(2)13(17)7-16-8-14(18,9-16)11-3-5-12(15)6-4-11/h3-6,10,13,17-18H,7-9H2,1-2H3. The monoisotopic (exact) mass is 269 g/mol. The van der Waals surface area contributed by atoms with E-state index in [2.05, 4.69) is 4.90 Å².